The Hall–Kier alpha value is -0.840. The first kappa shape index (κ1) is 14.2. The molecule has 0 amide bonds. The van der Waals surface area contributed by atoms with Crippen LogP contribution in [0, 0.1) is 0 Å². The normalized spacial score (nSPS) is 14.3. The lowest BCUT2D eigenvalue weighted by molar-refractivity contribution is 0.0986. The SMILES string of the molecule is CCC(SCC(O)CO)C(=O)c1ccccc1. The average molecular weight is 254 g/mol. The highest BCUT2D eigenvalue weighted by Gasteiger charge is 2.19. The summed E-state index contributed by atoms with van der Waals surface area (Å²) in [5, 5.41) is 17.8. The van der Waals surface area contributed by atoms with Crippen LogP contribution < -0.4 is 0 Å². The minimum Gasteiger partial charge on any atom is -0.394 e. The van der Waals surface area contributed by atoms with E-state index in [1.807, 2.05) is 25.1 Å². The number of hydrogen-bond donors (Lipinski definition) is 2. The summed E-state index contributed by atoms with van der Waals surface area (Å²) in [6.45, 7) is 1.69. The van der Waals surface area contributed by atoms with Crippen molar-refractivity contribution in [2.24, 2.45) is 0 Å². The molecule has 1 rings (SSSR count). The fourth-order valence-corrected chi connectivity index (χ4v) is 2.53. The maximum Gasteiger partial charge on any atom is 0.175 e. The lowest BCUT2D eigenvalue weighted by Gasteiger charge is -2.15. The van der Waals surface area contributed by atoms with Gasteiger partial charge in [-0.25, -0.2) is 0 Å². The average Bonchev–Trinajstić information content (AvgIpc) is 2.39. The van der Waals surface area contributed by atoms with Crippen LogP contribution in [0.3, 0.4) is 0 Å². The van der Waals surface area contributed by atoms with E-state index < -0.39 is 6.10 Å². The first-order chi connectivity index (χ1) is 8.19. The van der Waals surface area contributed by atoms with Crippen LogP contribution in [-0.4, -0.2) is 39.7 Å². The fourth-order valence-electron chi connectivity index (χ4n) is 1.45. The number of aliphatic hydroxyl groups excluding tert-OH is 2. The highest BCUT2D eigenvalue weighted by Crippen LogP contribution is 2.20. The molecule has 2 unspecified atom stereocenters. The summed E-state index contributed by atoms with van der Waals surface area (Å²) in [5.41, 5.74) is 0.699. The molecule has 94 valence electrons. The standard InChI is InChI=1S/C13H18O3S/c1-2-12(17-9-11(15)8-14)13(16)10-6-4-3-5-7-10/h3-7,11-12,14-15H,2,8-9H2,1H3. The Morgan fingerprint density at radius 1 is 1.35 bits per heavy atom. The molecule has 0 fully saturated rings. The van der Waals surface area contributed by atoms with Crippen molar-refractivity contribution in [1.82, 2.24) is 0 Å². The molecule has 4 heteroatoms. The van der Waals surface area contributed by atoms with Crippen molar-refractivity contribution in [3.8, 4) is 0 Å². The van der Waals surface area contributed by atoms with E-state index in [2.05, 4.69) is 0 Å². The van der Waals surface area contributed by atoms with Crippen LogP contribution in [0.5, 0.6) is 0 Å². The Bertz CT molecular complexity index is 340. The number of hydrogen-bond acceptors (Lipinski definition) is 4. The monoisotopic (exact) mass is 254 g/mol. The van der Waals surface area contributed by atoms with Crippen molar-refractivity contribution in [2.75, 3.05) is 12.4 Å². The van der Waals surface area contributed by atoms with Gasteiger partial charge in [0, 0.05) is 11.3 Å². The molecule has 0 heterocycles. The lowest BCUT2D eigenvalue weighted by atomic mass is 10.1. The van der Waals surface area contributed by atoms with E-state index in [-0.39, 0.29) is 17.6 Å². The number of thioether (sulfide) groups is 1. The molecule has 0 saturated carbocycles. The molecule has 0 aliphatic carbocycles. The largest absolute Gasteiger partial charge is 0.394 e. The van der Waals surface area contributed by atoms with Crippen molar-refractivity contribution < 1.29 is 15.0 Å². The Morgan fingerprint density at radius 2 is 2.00 bits per heavy atom. The molecule has 17 heavy (non-hydrogen) atoms. The van der Waals surface area contributed by atoms with Gasteiger partial charge in [0.05, 0.1) is 18.0 Å². The van der Waals surface area contributed by atoms with Crippen molar-refractivity contribution >= 4 is 17.5 Å². The minimum atomic E-state index is -0.752. The number of Topliss-reactive ketones (excluding diaryl/α,β-unsaturated/α-hetero) is 1. The number of ketones is 1. The van der Waals surface area contributed by atoms with Gasteiger partial charge in [0.15, 0.2) is 5.78 Å². The van der Waals surface area contributed by atoms with Crippen LogP contribution in [-0.2, 0) is 0 Å². The maximum absolute atomic E-state index is 12.1. The third kappa shape index (κ3) is 4.50. The Morgan fingerprint density at radius 3 is 2.53 bits per heavy atom. The van der Waals surface area contributed by atoms with Crippen molar-refractivity contribution in [1.29, 1.82) is 0 Å². The lowest BCUT2D eigenvalue weighted by Crippen LogP contribution is -2.22. The highest BCUT2D eigenvalue weighted by molar-refractivity contribution is 8.00. The fraction of sp³-hybridized carbons (Fsp3) is 0.462. The van der Waals surface area contributed by atoms with Gasteiger partial charge >= 0.3 is 0 Å². The van der Waals surface area contributed by atoms with E-state index in [4.69, 9.17) is 5.11 Å². The van der Waals surface area contributed by atoms with Gasteiger partial charge in [0.25, 0.3) is 0 Å². The first-order valence-electron chi connectivity index (χ1n) is 5.68. The molecule has 0 aromatic heterocycles. The van der Waals surface area contributed by atoms with Crippen LogP contribution in [0.1, 0.15) is 23.7 Å². The molecule has 0 bridgehead atoms. The number of carbonyl (C=O) groups is 1. The number of benzene rings is 1. The topological polar surface area (TPSA) is 57.5 Å². The summed E-state index contributed by atoms with van der Waals surface area (Å²) in [6, 6.07) is 9.16. The predicted molar refractivity (Wildman–Crippen MR) is 70.4 cm³/mol. The van der Waals surface area contributed by atoms with E-state index in [0.717, 1.165) is 6.42 Å². The minimum absolute atomic E-state index is 0.0863. The van der Waals surface area contributed by atoms with Crippen LogP contribution in [0.25, 0.3) is 0 Å². The second-order valence-electron chi connectivity index (χ2n) is 3.80. The van der Waals surface area contributed by atoms with Crippen LogP contribution in [0.2, 0.25) is 0 Å². The molecule has 0 saturated heterocycles. The zero-order valence-electron chi connectivity index (χ0n) is 9.87. The van der Waals surface area contributed by atoms with E-state index in [9.17, 15) is 9.90 Å². The van der Waals surface area contributed by atoms with Crippen LogP contribution in [0.15, 0.2) is 30.3 Å². The second kappa shape index (κ2) is 7.48. The van der Waals surface area contributed by atoms with Crippen LogP contribution >= 0.6 is 11.8 Å². The second-order valence-corrected chi connectivity index (χ2v) is 5.03. The van der Waals surface area contributed by atoms with E-state index in [0.29, 0.717) is 11.3 Å². The molecule has 0 spiro atoms. The summed E-state index contributed by atoms with van der Waals surface area (Å²) < 4.78 is 0. The summed E-state index contributed by atoms with van der Waals surface area (Å²) in [4.78, 5) is 12.1. The van der Waals surface area contributed by atoms with E-state index in [1.54, 1.807) is 12.1 Å². The molecular weight excluding hydrogens is 236 g/mol. The molecule has 0 aliphatic heterocycles. The van der Waals surface area contributed by atoms with E-state index >= 15 is 0 Å². The zero-order valence-corrected chi connectivity index (χ0v) is 10.7. The van der Waals surface area contributed by atoms with Gasteiger partial charge in [0.1, 0.15) is 0 Å². The highest BCUT2D eigenvalue weighted by atomic mass is 32.2. The van der Waals surface area contributed by atoms with Gasteiger partial charge in [-0.3, -0.25) is 4.79 Å². The summed E-state index contributed by atoms with van der Waals surface area (Å²) >= 11 is 1.40. The first-order valence-corrected chi connectivity index (χ1v) is 6.73. The third-order valence-corrected chi connectivity index (χ3v) is 3.95. The van der Waals surface area contributed by atoms with Gasteiger partial charge in [-0.1, -0.05) is 37.3 Å². The van der Waals surface area contributed by atoms with Crippen molar-refractivity contribution in [2.45, 2.75) is 24.7 Å². The van der Waals surface area contributed by atoms with Gasteiger partial charge < -0.3 is 10.2 Å². The van der Waals surface area contributed by atoms with Gasteiger partial charge in [-0.05, 0) is 6.42 Å². The summed E-state index contributed by atoms with van der Waals surface area (Å²) in [7, 11) is 0. The smallest absolute Gasteiger partial charge is 0.175 e. The molecule has 1 aromatic rings. The number of carbonyl (C=O) groups excluding carboxylic acids is 1. The van der Waals surface area contributed by atoms with Crippen molar-refractivity contribution in [3.05, 3.63) is 35.9 Å². The number of aliphatic hydroxyl groups is 2. The number of rotatable bonds is 7. The molecule has 0 radical (unpaired) electrons. The molecule has 2 N–H and O–H groups in total. The Labute approximate surface area is 106 Å². The molecular formula is C13H18O3S. The maximum atomic E-state index is 12.1. The van der Waals surface area contributed by atoms with Crippen molar-refractivity contribution in [3.63, 3.8) is 0 Å². The predicted octanol–water partition coefficient (Wildman–Crippen LogP) is 1.73. The van der Waals surface area contributed by atoms with Gasteiger partial charge in [-0.2, -0.15) is 0 Å². The van der Waals surface area contributed by atoms with Gasteiger partial charge in [-0.15, -0.1) is 11.8 Å². The molecule has 0 aliphatic rings. The van der Waals surface area contributed by atoms with E-state index in [1.165, 1.54) is 11.8 Å². The zero-order chi connectivity index (χ0) is 12.7. The van der Waals surface area contributed by atoms with Gasteiger partial charge in [0.2, 0.25) is 0 Å². The summed E-state index contributed by atoms with van der Waals surface area (Å²) in [6.07, 6.45) is -0.0334. The Balaban J connectivity index is 2.59. The molecule has 2 atom stereocenters. The summed E-state index contributed by atoms with van der Waals surface area (Å²) in [5.74, 6) is 0.469. The Kier molecular flexibility index (Phi) is 6.26. The van der Waals surface area contributed by atoms with Crippen LogP contribution in [0.4, 0.5) is 0 Å². The quantitative estimate of drug-likeness (QED) is 0.728. The third-order valence-electron chi connectivity index (χ3n) is 2.42. The molecule has 3 nitrogen and oxygen atoms in total. The molecule has 1 aromatic carbocycles.